The molecule has 4 aliphatic rings. The monoisotopic (exact) mass is 338 g/mol. The van der Waals surface area contributed by atoms with Crippen molar-refractivity contribution in [1.29, 1.82) is 0 Å². The second-order valence-corrected chi connectivity index (χ2v) is 9.64. The molecule has 24 heavy (non-hydrogen) atoms. The highest BCUT2D eigenvalue weighted by atomic mass is 16.6. The molecular formula is C20H34O4. The maximum Gasteiger partial charge on any atom is 0.0945 e. The molecule has 0 bridgehead atoms. The third kappa shape index (κ3) is 2.00. The van der Waals surface area contributed by atoms with Crippen LogP contribution in [0.3, 0.4) is 0 Å². The van der Waals surface area contributed by atoms with E-state index in [0.717, 1.165) is 58.2 Å². The van der Waals surface area contributed by atoms with Crippen LogP contribution < -0.4 is 0 Å². The van der Waals surface area contributed by atoms with Gasteiger partial charge in [-0.1, -0.05) is 20.8 Å². The fourth-order valence-corrected chi connectivity index (χ4v) is 7.00. The molecule has 138 valence electrons. The van der Waals surface area contributed by atoms with Gasteiger partial charge in [0.15, 0.2) is 0 Å². The summed E-state index contributed by atoms with van der Waals surface area (Å²) >= 11 is 0. The minimum atomic E-state index is -0.411. The Balaban J connectivity index is 1.74. The van der Waals surface area contributed by atoms with E-state index in [9.17, 15) is 10.2 Å². The Morgan fingerprint density at radius 1 is 1.04 bits per heavy atom. The Hall–Kier alpha value is -0.160. The van der Waals surface area contributed by atoms with E-state index in [4.69, 9.17) is 9.47 Å². The fraction of sp³-hybridized carbons (Fsp3) is 1.00. The largest absolute Gasteiger partial charge is 0.396 e. The number of ether oxygens (including phenoxy) is 2. The van der Waals surface area contributed by atoms with Gasteiger partial charge in [-0.2, -0.15) is 0 Å². The van der Waals surface area contributed by atoms with Crippen molar-refractivity contribution in [3.05, 3.63) is 0 Å². The molecular weight excluding hydrogens is 304 g/mol. The number of fused-ring (bicyclic) bond motifs is 2. The van der Waals surface area contributed by atoms with Gasteiger partial charge in [0.2, 0.25) is 0 Å². The van der Waals surface area contributed by atoms with Crippen LogP contribution in [-0.4, -0.2) is 47.3 Å². The Morgan fingerprint density at radius 2 is 1.83 bits per heavy atom. The second-order valence-electron chi connectivity index (χ2n) is 9.64. The van der Waals surface area contributed by atoms with Crippen molar-refractivity contribution < 1.29 is 19.7 Å². The van der Waals surface area contributed by atoms with Gasteiger partial charge in [0, 0.05) is 23.9 Å². The molecule has 4 rings (SSSR count). The SMILES string of the molecule is C[C@H]1CC[C@@H]2[C@](C)(CO)[C@H](O)CC[C@]2(C)[C@@]12CC[C@]1(CCOC1)O2. The van der Waals surface area contributed by atoms with E-state index in [1.165, 1.54) is 0 Å². The lowest BCUT2D eigenvalue weighted by Gasteiger charge is -2.65. The molecule has 0 aromatic heterocycles. The van der Waals surface area contributed by atoms with Crippen LogP contribution in [0.5, 0.6) is 0 Å². The van der Waals surface area contributed by atoms with Crippen molar-refractivity contribution in [2.24, 2.45) is 22.7 Å². The van der Waals surface area contributed by atoms with Gasteiger partial charge in [0.1, 0.15) is 0 Å². The number of aliphatic hydroxyl groups is 2. The van der Waals surface area contributed by atoms with Crippen LogP contribution in [-0.2, 0) is 9.47 Å². The smallest absolute Gasteiger partial charge is 0.0945 e. The summed E-state index contributed by atoms with van der Waals surface area (Å²) in [5.41, 5.74) is -0.593. The van der Waals surface area contributed by atoms with Crippen molar-refractivity contribution in [2.45, 2.75) is 83.0 Å². The Labute approximate surface area is 145 Å². The van der Waals surface area contributed by atoms with Gasteiger partial charge in [-0.25, -0.2) is 0 Å². The van der Waals surface area contributed by atoms with E-state index in [2.05, 4.69) is 20.8 Å². The first-order valence-corrected chi connectivity index (χ1v) is 9.89. The van der Waals surface area contributed by atoms with Crippen molar-refractivity contribution >= 4 is 0 Å². The van der Waals surface area contributed by atoms with Crippen molar-refractivity contribution in [1.82, 2.24) is 0 Å². The van der Waals surface area contributed by atoms with E-state index in [1.807, 2.05) is 0 Å². The maximum atomic E-state index is 10.7. The molecule has 2 saturated carbocycles. The summed E-state index contributed by atoms with van der Waals surface area (Å²) in [6, 6.07) is 0. The first kappa shape index (κ1) is 17.3. The summed E-state index contributed by atoms with van der Waals surface area (Å²) < 4.78 is 12.7. The van der Waals surface area contributed by atoms with Crippen molar-refractivity contribution in [2.75, 3.05) is 19.8 Å². The Morgan fingerprint density at radius 3 is 2.50 bits per heavy atom. The fourth-order valence-electron chi connectivity index (χ4n) is 7.00. The number of hydrogen-bond acceptors (Lipinski definition) is 4. The average molecular weight is 338 g/mol. The molecule has 2 saturated heterocycles. The normalized spacial score (nSPS) is 57.6. The van der Waals surface area contributed by atoms with Crippen LogP contribution in [0.4, 0.5) is 0 Å². The molecule has 4 nitrogen and oxygen atoms in total. The second kappa shape index (κ2) is 5.42. The zero-order chi connectivity index (χ0) is 17.2. The van der Waals surface area contributed by atoms with Gasteiger partial charge in [-0.15, -0.1) is 0 Å². The van der Waals surface area contributed by atoms with Crippen LogP contribution in [0.15, 0.2) is 0 Å². The molecule has 0 aromatic rings. The third-order valence-corrected chi connectivity index (χ3v) is 8.67. The van der Waals surface area contributed by atoms with Crippen LogP contribution in [0, 0.1) is 22.7 Å². The topological polar surface area (TPSA) is 58.9 Å². The zero-order valence-electron chi connectivity index (χ0n) is 15.5. The average Bonchev–Trinajstić information content (AvgIpc) is 3.18. The van der Waals surface area contributed by atoms with Gasteiger partial charge < -0.3 is 19.7 Å². The van der Waals surface area contributed by atoms with Gasteiger partial charge in [-0.3, -0.25) is 0 Å². The van der Waals surface area contributed by atoms with Gasteiger partial charge in [0.05, 0.1) is 30.5 Å². The molecule has 2 N–H and O–H groups in total. The molecule has 0 aromatic carbocycles. The molecule has 0 unspecified atom stereocenters. The number of aliphatic hydroxyl groups excluding tert-OH is 2. The van der Waals surface area contributed by atoms with Gasteiger partial charge in [-0.05, 0) is 50.4 Å². The molecule has 0 amide bonds. The van der Waals surface area contributed by atoms with Gasteiger partial charge >= 0.3 is 0 Å². The Bertz CT molecular complexity index is 502. The maximum absolute atomic E-state index is 10.7. The van der Waals surface area contributed by atoms with Crippen LogP contribution in [0.25, 0.3) is 0 Å². The summed E-state index contributed by atoms with van der Waals surface area (Å²) in [7, 11) is 0. The molecule has 0 radical (unpaired) electrons. The minimum absolute atomic E-state index is 0.0213. The van der Waals surface area contributed by atoms with E-state index in [1.54, 1.807) is 0 Å². The van der Waals surface area contributed by atoms with Gasteiger partial charge in [0.25, 0.3) is 0 Å². The van der Waals surface area contributed by atoms with E-state index in [-0.39, 0.29) is 23.2 Å². The molecule has 2 aliphatic carbocycles. The van der Waals surface area contributed by atoms with E-state index < -0.39 is 11.5 Å². The summed E-state index contributed by atoms with van der Waals surface area (Å²) in [5.74, 6) is 0.837. The molecule has 2 spiro atoms. The summed E-state index contributed by atoms with van der Waals surface area (Å²) in [4.78, 5) is 0. The van der Waals surface area contributed by atoms with Crippen LogP contribution >= 0.6 is 0 Å². The van der Waals surface area contributed by atoms with Crippen LogP contribution in [0.1, 0.15) is 65.7 Å². The highest BCUT2D eigenvalue weighted by Gasteiger charge is 2.69. The standard InChI is InChI=1S/C20H34O4/c1-14-4-5-15-17(2,12-21)16(22)6-7-18(15,3)20(14)9-8-19(24-20)10-11-23-13-19/h14-16,21-22H,4-13H2,1-3H3/t14-,15+,16+,17-,18-,19+,20+/m0/s1. The molecule has 7 atom stereocenters. The molecule has 4 fully saturated rings. The van der Waals surface area contributed by atoms with Crippen molar-refractivity contribution in [3.63, 3.8) is 0 Å². The third-order valence-electron chi connectivity index (χ3n) is 8.67. The first-order valence-electron chi connectivity index (χ1n) is 9.89. The summed E-state index contributed by atoms with van der Waals surface area (Å²) in [5, 5.41) is 20.8. The minimum Gasteiger partial charge on any atom is -0.396 e. The van der Waals surface area contributed by atoms with Crippen LogP contribution in [0.2, 0.25) is 0 Å². The molecule has 2 heterocycles. The highest BCUT2D eigenvalue weighted by Crippen LogP contribution is 2.68. The molecule has 4 heteroatoms. The summed E-state index contributed by atoms with van der Waals surface area (Å²) in [6.07, 6.45) is 6.78. The predicted molar refractivity (Wildman–Crippen MR) is 91.6 cm³/mol. The van der Waals surface area contributed by atoms with E-state index >= 15 is 0 Å². The highest BCUT2D eigenvalue weighted by molar-refractivity contribution is 5.17. The van der Waals surface area contributed by atoms with Crippen molar-refractivity contribution in [3.8, 4) is 0 Å². The first-order chi connectivity index (χ1) is 11.3. The Kier molecular flexibility index (Phi) is 3.90. The van der Waals surface area contributed by atoms with E-state index in [0.29, 0.717) is 11.8 Å². The number of hydrogen-bond donors (Lipinski definition) is 2. The molecule has 2 aliphatic heterocycles. The predicted octanol–water partition coefficient (Wildman–Crippen LogP) is 2.90. The lowest BCUT2D eigenvalue weighted by molar-refractivity contribution is -0.266. The lowest BCUT2D eigenvalue weighted by Crippen LogP contribution is -2.66. The summed E-state index contributed by atoms with van der Waals surface area (Å²) in [6.45, 7) is 8.46. The zero-order valence-corrected chi connectivity index (χ0v) is 15.5. The number of rotatable bonds is 1. The lowest BCUT2D eigenvalue weighted by atomic mass is 9.43. The quantitative estimate of drug-likeness (QED) is 0.772.